The zero-order valence-electron chi connectivity index (χ0n) is 39.0. The van der Waals surface area contributed by atoms with Gasteiger partial charge in [0.15, 0.2) is 5.78 Å². The lowest BCUT2D eigenvalue weighted by molar-refractivity contribution is -0.128. The van der Waals surface area contributed by atoms with Gasteiger partial charge in [0.1, 0.15) is 0 Å². The van der Waals surface area contributed by atoms with Gasteiger partial charge in [-0.15, -0.1) is 0 Å². The van der Waals surface area contributed by atoms with Gasteiger partial charge in [0.25, 0.3) is 0 Å². The smallest absolute Gasteiger partial charge is 0.244 e. The predicted octanol–water partition coefficient (Wildman–Crippen LogP) is 12.4. The van der Waals surface area contributed by atoms with E-state index in [2.05, 4.69) is 108 Å². The van der Waals surface area contributed by atoms with Crippen LogP contribution in [0.25, 0.3) is 0 Å². The van der Waals surface area contributed by atoms with Crippen molar-refractivity contribution in [3.8, 4) is 0 Å². The Morgan fingerprint density at radius 1 is 0.627 bits per heavy atom. The summed E-state index contributed by atoms with van der Waals surface area (Å²) < 4.78 is 0. The van der Waals surface area contributed by atoms with Crippen molar-refractivity contribution in [1.29, 1.82) is 0 Å². The van der Waals surface area contributed by atoms with Gasteiger partial charge in [-0.05, 0) is 159 Å². The molecule has 0 aromatic carbocycles. The van der Waals surface area contributed by atoms with E-state index < -0.39 is 5.92 Å². The van der Waals surface area contributed by atoms with Crippen molar-refractivity contribution in [3.05, 3.63) is 117 Å². The zero-order chi connectivity index (χ0) is 43.8. The minimum absolute atomic E-state index is 0.0486. The van der Waals surface area contributed by atoms with Crippen molar-refractivity contribution in [2.24, 2.45) is 16.7 Å². The molecule has 0 aromatic heterocycles. The van der Waals surface area contributed by atoms with Crippen LogP contribution in [0.2, 0.25) is 0 Å². The van der Waals surface area contributed by atoms with E-state index in [1.165, 1.54) is 60.8 Å². The van der Waals surface area contributed by atoms with Gasteiger partial charge in [-0.3, -0.25) is 14.4 Å². The average molecular weight is 808 g/mol. The highest BCUT2D eigenvalue weighted by atomic mass is 16.2. The topological polar surface area (TPSA) is 87.3 Å². The summed E-state index contributed by atoms with van der Waals surface area (Å²) in [5.74, 6) is -0.656. The maximum atomic E-state index is 13.3. The Bertz CT molecular complexity index is 1720. The van der Waals surface area contributed by atoms with Crippen LogP contribution in [0, 0.1) is 16.7 Å². The number of carbonyl (C=O) groups is 3. The lowest BCUT2D eigenvalue weighted by Gasteiger charge is -2.33. The van der Waals surface area contributed by atoms with Crippen molar-refractivity contribution >= 4 is 17.6 Å². The van der Waals surface area contributed by atoms with Crippen molar-refractivity contribution in [3.63, 3.8) is 0 Å². The van der Waals surface area contributed by atoms with Gasteiger partial charge in [-0.25, -0.2) is 0 Å². The van der Waals surface area contributed by atoms with Gasteiger partial charge in [-0.1, -0.05) is 124 Å². The first kappa shape index (κ1) is 51.1. The molecule has 0 spiro atoms. The maximum absolute atomic E-state index is 13.3. The first-order valence-electron chi connectivity index (χ1n) is 22.5. The number of allylic oxidation sites excluding steroid dienone is 19. The summed E-state index contributed by atoms with van der Waals surface area (Å²) in [5, 5.41) is 9.23. The highest BCUT2D eigenvalue weighted by Gasteiger charge is 2.27. The van der Waals surface area contributed by atoms with Crippen molar-refractivity contribution in [2.45, 2.75) is 153 Å². The monoisotopic (exact) mass is 808 g/mol. The minimum atomic E-state index is -0.411. The Morgan fingerprint density at radius 3 is 1.64 bits per heavy atom. The van der Waals surface area contributed by atoms with Gasteiger partial charge in [0.05, 0.1) is 0 Å². The molecule has 2 aliphatic carbocycles. The van der Waals surface area contributed by atoms with E-state index in [0.29, 0.717) is 19.5 Å². The summed E-state index contributed by atoms with van der Waals surface area (Å²) in [6.07, 6.45) is 36.7. The van der Waals surface area contributed by atoms with Gasteiger partial charge in [0, 0.05) is 31.5 Å². The molecule has 0 heterocycles. The van der Waals surface area contributed by atoms with Crippen LogP contribution in [0.3, 0.4) is 0 Å². The van der Waals surface area contributed by atoms with Crippen LogP contribution in [0.4, 0.5) is 0 Å². The Labute approximate surface area is 360 Å². The Morgan fingerprint density at radius 2 is 1.12 bits per heavy atom. The lowest BCUT2D eigenvalue weighted by Crippen LogP contribution is -2.33. The molecule has 0 aliphatic heterocycles. The van der Waals surface area contributed by atoms with Gasteiger partial charge < -0.3 is 16.0 Å². The van der Waals surface area contributed by atoms with E-state index in [9.17, 15) is 14.4 Å². The van der Waals surface area contributed by atoms with Crippen LogP contribution < -0.4 is 16.0 Å². The highest BCUT2D eigenvalue weighted by molar-refractivity contribution is 5.94. The summed E-state index contributed by atoms with van der Waals surface area (Å²) in [6, 6.07) is 0. The zero-order valence-corrected chi connectivity index (χ0v) is 39.0. The second-order valence-corrected chi connectivity index (χ2v) is 18.5. The van der Waals surface area contributed by atoms with E-state index in [1.54, 1.807) is 12.2 Å². The fourth-order valence-electron chi connectivity index (χ4n) is 8.19. The standard InChI is InChI=1S/C53H81N3O3/c1-40(28-30-48-44(5)25-19-32-52(48,7)8)21-17-23-42(3)37-47(57)39-46(51(59)56-36-15-12-14-34-54-11)27-13-16-35-55-50(58)38-43(4)24-18-22-41(2)29-31-49-45(6)26-20-33-53(49,9)10/h17-18,21-24,28-31,37-38,46,54H,12-16,19-20,25-27,32-36,39H2,1-11H3,(H,55,58)(H,56,59)/b23-17+,24-18+,30-28+,31-29+,40-21+,41-22+,42-37+,43-38+. The van der Waals surface area contributed by atoms with Crippen LogP contribution >= 0.6 is 0 Å². The Balaban J connectivity index is 1.92. The molecule has 0 radical (unpaired) electrons. The third-order valence-electron chi connectivity index (χ3n) is 11.8. The number of ketones is 1. The van der Waals surface area contributed by atoms with E-state index in [-0.39, 0.29) is 34.8 Å². The van der Waals surface area contributed by atoms with Crippen LogP contribution in [-0.4, -0.2) is 44.3 Å². The predicted molar refractivity (Wildman–Crippen MR) is 253 cm³/mol. The molecule has 59 heavy (non-hydrogen) atoms. The molecule has 1 atom stereocenters. The summed E-state index contributed by atoms with van der Waals surface area (Å²) >= 11 is 0. The third-order valence-corrected chi connectivity index (χ3v) is 11.8. The molecule has 6 nitrogen and oxygen atoms in total. The number of carbonyl (C=O) groups excluding carboxylic acids is 3. The van der Waals surface area contributed by atoms with Crippen LogP contribution in [-0.2, 0) is 14.4 Å². The Kier molecular flexibility index (Phi) is 23.3. The number of hydrogen-bond donors (Lipinski definition) is 3. The molecule has 0 bridgehead atoms. The second-order valence-electron chi connectivity index (χ2n) is 18.5. The molecule has 0 saturated carbocycles. The highest BCUT2D eigenvalue weighted by Crippen LogP contribution is 2.41. The number of hydrogen-bond acceptors (Lipinski definition) is 4. The molecule has 0 fully saturated rings. The minimum Gasteiger partial charge on any atom is -0.356 e. The molecule has 2 rings (SSSR count). The average Bonchev–Trinajstić information content (AvgIpc) is 3.14. The molecular weight excluding hydrogens is 727 g/mol. The van der Waals surface area contributed by atoms with Crippen LogP contribution in [0.5, 0.6) is 0 Å². The number of rotatable bonds is 24. The van der Waals surface area contributed by atoms with E-state index >= 15 is 0 Å². The summed E-state index contributed by atoms with van der Waals surface area (Å²) in [7, 11) is 1.94. The van der Waals surface area contributed by atoms with Crippen LogP contribution in [0.1, 0.15) is 153 Å². The molecule has 1 unspecified atom stereocenters. The lowest BCUT2D eigenvalue weighted by atomic mass is 9.72. The van der Waals surface area contributed by atoms with Crippen molar-refractivity contribution < 1.29 is 14.4 Å². The molecule has 3 N–H and O–H groups in total. The normalized spacial score (nSPS) is 18.8. The first-order valence-corrected chi connectivity index (χ1v) is 22.5. The fraction of sp³-hybridized carbons (Fsp3) is 0.566. The maximum Gasteiger partial charge on any atom is 0.244 e. The van der Waals surface area contributed by atoms with E-state index in [0.717, 1.165) is 60.9 Å². The Hall–Kier alpha value is -4.03. The molecule has 6 heteroatoms. The van der Waals surface area contributed by atoms with Crippen molar-refractivity contribution in [2.75, 3.05) is 26.7 Å². The summed E-state index contributed by atoms with van der Waals surface area (Å²) in [6.45, 7) is 24.0. The molecular formula is C53H81N3O3. The molecule has 0 aromatic rings. The van der Waals surface area contributed by atoms with Gasteiger partial charge >= 0.3 is 0 Å². The molecule has 2 amide bonds. The molecule has 326 valence electrons. The molecule has 0 saturated heterocycles. The van der Waals surface area contributed by atoms with Gasteiger partial charge in [-0.2, -0.15) is 0 Å². The first-order chi connectivity index (χ1) is 27.9. The number of amides is 2. The van der Waals surface area contributed by atoms with E-state index in [1.807, 2.05) is 45.2 Å². The quantitative estimate of drug-likeness (QED) is 0.0515. The second kappa shape index (κ2) is 26.9. The number of unbranched alkanes of at least 4 members (excludes halogenated alkanes) is 3. The van der Waals surface area contributed by atoms with Crippen LogP contribution in [0.15, 0.2) is 117 Å². The van der Waals surface area contributed by atoms with Gasteiger partial charge in [0.2, 0.25) is 11.8 Å². The fourth-order valence-corrected chi connectivity index (χ4v) is 8.19. The SMILES string of the molecule is CNCCCCCNC(=O)C(CCCCNC(=O)/C=C(C)/C=C/C=C(C)/C=C/C1=C(C)CCCC1(C)C)CC(=O)/C=C(C)/C=C/C=C(C)/C=C/C1=C(C)CCCC1(C)C. The molecule has 2 aliphatic rings. The summed E-state index contributed by atoms with van der Waals surface area (Å²) in [5.41, 5.74) is 10.3. The largest absolute Gasteiger partial charge is 0.356 e. The van der Waals surface area contributed by atoms with E-state index in [4.69, 9.17) is 0 Å². The van der Waals surface area contributed by atoms with Crippen molar-refractivity contribution in [1.82, 2.24) is 16.0 Å². The third kappa shape index (κ3) is 20.7. The number of nitrogens with one attached hydrogen (secondary N) is 3. The summed E-state index contributed by atoms with van der Waals surface area (Å²) in [4.78, 5) is 39.1.